The summed E-state index contributed by atoms with van der Waals surface area (Å²) in [6.45, 7) is 1.05. The Morgan fingerprint density at radius 3 is 2.79 bits per heavy atom. The number of carbonyl (C=O) groups is 2. The molecule has 2 amide bonds. The number of likely N-dealkylation sites (N-methyl/N-ethyl adjacent to an activating group) is 1. The minimum atomic E-state index is -1.03. The number of halogens is 3. The highest BCUT2D eigenvalue weighted by Crippen LogP contribution is 2.20. The lowest BCUT2D eigenvalue weighted by Gasteiger charge is -2.25. The number of hydrogen-bond acceptors (Lipinski definition) is 4. The van der Waals surface area contributed by atoms with Crippen LogP contribution in [-0.2, 0) is 11.2 Å². The normalized spacial score (nSPS) is 17.0. The molecule has 174 valence electrons. The van der Waals surface area contributed by atoms with Gasteiger partial charge in [0.05, 0.1) is 5.02 Å². The van der Waals surface area contributed by atoms with Crippen LogP contribution in [-0.4, -0.2) is 70.9 Å². The van der Waals surface area contributed by atoms with Crippen LogP contribution in [0, 0.1) is 11.6 Å². The predicted molar refractivity (Wildman–Crippen MR) is 121 cm³/mol. The highest BCUT2D eigenvalue weighted by molar-refractivity contribution is 6.31. The van der Waals surface area contributed by atoms with Crippen LogP contribution >= 0.6 is 11.6 Å². The Bertz CT molecular complexity index is 1200. The van der Waals surface area contributed by atoms with Gasteiger partial charge < -0.3 is 20.1 Å². The summed E-state index contributed by atoms with van der Waals surface area (Å²) >= 11 is 5.96. The fourth-order valence-corrected chi connectivity index (χ4v) is 4.20. The van der Waals surface area contributed by atoms with Gasteiger partial charge in [-0.1, -0.05) is 17.7 Å². The average molecular weight is 476 g/mol. The molecule has 2 N–H and O–H groups in total. The lowest BCUT2D eigenvalue weighted by atomic mass is 10.0. The second-order valence-corrected chi connectivity index (χ2v) is 8.87. The summed E-state index contributed by atoms with van der Waals surface area (Å²) in [6, 6.07) is 5.62. The molecule has 0 radical (unpaired) electrons. The van der Waals surface area contributed by atoms with E-state index in [9.17, 15) is 18.4 Å². The van der Waals surface area contributed by atoms with E-state index in [0.717, 1.165) is 18.6 Å². The van der Waals surface area contributed by atoms with E-state index < -0.39 is 23.6 Å². The number of nitrogens with one attached hydrogen (secondary N) is 2. The van der Waals surface area contributed by atoms with Gasteiger partial charge in [-0.25, -0.2) is 13.8 Å². The van der Waals surface area contributed by atoms with Crippen molar-refractivity contribution in [2.24, 2.45) is 0 Å². The monoisotopic (exact) mass is 475 g/mol. The van der Waals surface area contributed by atoms with Crippen LogP contribution in [0.4, 0.5) is 8.78 Å². The van der Waals surface area contributed by atoms with Gasteiger partial charge in [0, 0.05) is 43.2 Å². The van der Waals surface area contributed by atoms with Gasteiger partial charge in [-0.05, 0) is 44.3 Å². The molecule has 1 fully saturated rings. The van der Waals surface area contributed by atoms with Crippen LogP contribution in [0.15, 0.2) is 36.5 Å². The van der Waals surface area contributed by atoms with Gasteiger partial charge in [0.1, 0.15) is 29.0 Å². The van der Waals surface area contributed by atoms with Crippen LogP contribution in [0.5, 0.6) is 0 Å². The first-order valence-corrected chi connectivity index (χ1v) is 10.9. The number of amides is 2. The zero-order chi connectivity index (χ0) is 23.7. The fourth-order valence-electron chi connectivity index (χ4n) is 4.04. The summed E-state index contributed by atoms with van der Waals surface area (Å²) in [4.78, 5) is 37.1. The molecule has 1 aromatic carbocycles. The Morgan fingerprint density at radius 1 is 1.30 bits per heavy atom. The molecular weight excluding hydrogens is 452 g/mol. The Morgan fingerprint density at radius 2 is 2.09 bits per heavy atom. The smallest absolute Gasteiger partial charge is 0.268 e. The zero-order valence-corrected chi connectivity index (χ0v) is 19.0. The Hall–Kier alpha value is -3.04. The summed E-state index contributed by atoms with van der Waals surface area (Å²) in [7, 11) is 3.89. The van der Waals surface area contributed by atoms with Crippen LogP contribution < -0.4 is 5.32 Å². The van der Waals surface area contributed by atoms with E-state index in [1.807, 2.05) is 19.0 Å². The number of aromatic nitrogens is 2. The third-order valence-electron chi connectivity index (χ3n) is 5.93. The molecule has 3 aromatic rings. The van der Waals surface area contributed by atoms with Crippen LogP contribution in [0.25, 0.3) is 11.0 Å². The van der Waals surface area contributed by atoms with Crippen molar-refractivity contribution in [1.82, 2.24) is 25.1 Å². The number of aromatic amines is 1. The van der Waals surface area contributed by atoms with Crippen molar-refractivity contribution < 1.29 is 18.4 Å². The molecule has 10 heteroatoms. The van der Waals surface area contributed by atoms with Gasteiger partial charge in [-0.15, -0.1) is 0 Å². The van der Waals surface area contributed by atoms with E-state index in [-0.39, 0.29) is 29.6 Å². The Labute approximate surface area is 194 Å². The van der Waals surface area contributed by atoms with Crippen molar-refractivity contribution in [1.29, 1.82) is 0 Å². The summed E-state index contributed by atoms with van der Waals surface area (Å²) in [6.07, 6.45) is 2.16. The summed E-state index contributed by atoms with van der Waals surface area (Å²) in [5.41, 5.74) is 0.818. The van der Waals surface area contributed by atoms with Crippen LogP contribution in [0.2, 0.25) is 5.02 Å². The van der Waals surface area contributed by atoms with E-state index in [0.29, 0.717) is 29.1 Å². The quantitative estimate of drug-likeness (QED) is 0.574. The molecule has 0 aliphatic carbocycles. The summed E-state index contributed by atoms with van der Waals surface area (Å²) < 4.78 is 27.7. The third kappa shape index (κ3) is 5.15. The van der Waals surface area contributed by atoms with Gasteiger partial charge in [0.25, 0.3) is 5.91 Å². The molecule has 0 unspecified atom stereocenters. The fraction of sp³-hybridized carbons (Fsp3) is 0.348. The van der Waals surface area contributed by atoms with Crippen molar-refractivity contribution in [3.63, 3.8) is 0 Å². The second-order valence-electron chi connectivity index (χ2n) is 8.43. The topological polar surface area (TPSA) is 81.3 Å². The molecule has 2 atom stereocenters. The maximum atomic E-state index is 14.3. The number of fused-ring (bicyclic) bond motifs is 1. The molecule has 0 spiro atoms. The minimum absolute atomic E-state index is 0.107. The zero-order valence-electron chi connectivity index (χ0n) is 18.2. The average Bonchev–Trinajstić information content (AvgIpc) is 3.41. The SMILES string of the molecule is CN(C)[C@H]1CCN(C(=O)[C@H](Cc2ccc(F)cc2F)NC(=O)c2cc3cc(Cl)cnc3[nH]2)C1. The van der Waals surface area contributed by atoms with Gasteiger partial charge in [0.15, 0.2) is 0 Å². The van der Waals surface area contributed by atoms with Gasteiger partial charge >= 0.3 is 0 Å². The summed E-state index contributed by atoms with van der Waals surface area (Å²) in [5, 5.41) is 3.80. The van der Waals surface area contributed by atoms with Crippen molar-refractivity contribution in [3.05, 3.63) is 64.4 Å². The van der Waals surface area contributed by atoms with Crippen molar-refractivity contribution in [2.75, 3.05) is 27.2 Å². The first-order chi connectivity index (χ1) is 15.7. The Kier molecular flexibility index (Phi) is 6.62. The van der Waals surface area contributed by atoms with Gasteiger partial charge in [-0.3, -0.25) is 9.59 Å². The largest absolute Gasteiger partial charge is 0.339 e. The molecule has 0 saturated carbocycles. The number of pyridine rings is 1. The first-order valence-electron chi connectivity index (χ1n) is 10.6. The van der Waals surface area contributed by atoms with Crippen molar-refractivity contribution >= 4 is 34.4 Å². The molecule has 1 aliphatic heterocycles. The highest BCUT2D eigenvalue weighted by Gasteiger charge is 2.33. The third-order valence-corrected chi connectivity index (χ3v) is 6.14. The number of benzene rings is 1. The summed E-state index contributed by atoms with van der Waals surface area (Å²) in [5.74, 6) is -2.32. The lowest BCUT2D eigenvalue weighted by molar-refractivity contribution is -0.132. The molecule has 1 saturated heterocycles. The highest BCUT2D eigenvalue weighted by atomic mass is 35.5. The number of rotatable bonds is 6. The number of H-pyrrole nitrogens is 1. The van der Waals surface area contributed by atoms with E-state index in [1.165, 1.54) is 12.3 Å². The molecule has 4 rings (SSSR count). The predicted octanol–water partition coefficient (Wildman–Crippen LogP) is 3.00. The van der Waals surface area contributed by atoms with Gasteiger partial charge in [0.2, 0.25) is 5.91 Å². The molecule has 0 bridgehead atoms. The van der Waals surface area contributed by atoms with Gasteiger partial charge in [-0.2, -0.15) is 0 Å². The lowest BCUT2D eigenvalue weighted by Crippen LogP contribution is -2.49. The molecule has 3 heterocycles. The van der Waals surface area contributed by atoms with E-state index in [1.54, 1.807) is 17.0 Å². The molecule has 1 aliphatic rings. The molecule has 7 nitrogen and oxygen atoms in total. The van der Waals surface area contributed by atoms with E-state index >= 15 is 0 Å². The maximum absolute atomic E-state index is 14.3. The molecule has 2 aromatic heterocycles. The molecular formula is C23H24ClF2N5O2. The standard InChI is InChI=1S/C23H24ClF2N5O2/c1-30(2)17-5-6-31(12-17)23(33)20(8-13-3-4-16(25)10-18(13)26)29-22(32)19-9-14-7-15(24)11-27-21(14)28-19/h3-4,7,9-11,17,20H,5-6,8,12H2,1-2H3,(H,27,28)(H,29,32)/t17-,20-/m0/s1. The number of nitrogens with zero attached hydrogens (tertiary/aromatic N) is 3. The van der Waals surface area contributed by atoms with E-state index in [4.69, 9.17) is 11.6 Å². The number of hydrogen-bond donors (Lipinski definition) is 2. The number of carbonyl (C=O) groups excluding carboxylic acids is 2. The van der Waals surface area contributed by atoms with Crippen LogP contribution in [0.1, 0.15) is 22.5 Å². The number of likely N-dealkylation sites (tertiary alicyclic amines) is 1. The second kappa shape index (κ2) is 9.44. The van der Waals surface area contributed by atoms with E-state index in [2.05, 4.69) is 15.3 Å². The minimum Gasteiger partial charge on any atom is -0.339 e. The maximum Gasteiger partial charge on any atom is 0.268 e. The van der Waals surface area contributed by atoms with Crippen molar-refractivity contribution in [3.8, 4) is 0 Å². The molecule has 33 heavy (non-hydrogen) atoms. The first kappa shape index (κ1) is 23.1. The van der Waals surface area contributed by atoms with Crippen LogP contribution in [0.3, 0.4) is 0 Å². The van der Waals surface area contributed by atoms with Crippen molar-refractivity contribution in [2.45, 2.75) is 24.9 Å². The Balaban J connectivity index is 1.58.